The van der Waals surface area contributed by atoms with Crippen LogP contribution in [0.25, 0.3) is 0 Å². The monoisotopic (exact) mass is 292 g/mol. The lowest BCUT2D eigenvalue weighted by molar-refractivity contribution is -0.124. The van der Waals surface area contributed by atoms with Crippen LogP contribution in [0.5, 0.6) is 0 Å². The van der Waals surface area contributed by atoms with Gasteiger partial charge in [-0.3, -0.25) is 4.79 Å². The predicted octanol–water partition coefficient (Wildman–Crippen LogP) is 2.63. The molecule has 0 spiro atoms. The fraction of sp³-hybridized carbons (Fsp3) is 0.562. The number of halogens is 1. The standard InChI is InChI=1S/C16H21ClN2O/c1-11-10-14(6-9-18-11)19-15(20)16(7-8-16)12-2-4-13(17)5-3-12/h2-5,11,14,18H,6-10H2,1H3,(H,19,20). The molecule has 1 saturated heterocycles. The molecule has 2 fully saturated rings. The maximum Gasteiger partial charge on any atom is 0.230 e. The lowest BCUT2D eigenvalue weighted by Gasteiger charge is -2.30. The van der Waals surface area contributed by atoms with Gasteiger partial charge in [0.05, 0.1) is 5.41 Å². The van der Waals surface area contributed by atoms with E-state index in [1.54, 1.807) is 0 Å². The van der Waals surface area contributed by atoms with Gasteiger partial charge in [0, 0.05) is 17.1 Å². The van der Waals surface area contributed by atoms with Gasteiger partial charge in [0.2, 0.25) is 5.91 Å². The molecule has 0 bridgehead atoms. The molecule has 3 rings (SSSR count). The summed E-state index contributed by atoms with van der Waals surface area (Å²) in [6.07, 6.45) is 3.93. The van der Waals surface area contributed by atoms with E-state index in [-0.39, 0.29) is 11.3 Å². The lowest BCUT2D eigenvalue weighted by atomic mass is 9.93. The fourth-order valence-corrected chi connectivity index (χ4v) is 3.25. The van der Waals surface area contributed by atoms with Gasteiger partial charge in [-0.2, -0.15) is 0 Å². The van der Waals surface area contributed by atoms with Gasteiger partial charge >= 0.3 is 0 Å². The number of piperidine rings is 1. The zero-order chi connectivity index (χ0) is 14.2. The summed E-state index contributed by atoms with van der Waals surface area (Å²) >= 11 is 5.93. The van der Waals surface area contributed by atoms with Crippen LogP contribution in [0.3, 0.4) is 0 Å². The van der Waals surface area contributed by atoms with Crippen LogP contribution in [0.2, 0.25) is 5.02 Å². The fourth-order valence-electron chi connectivity index (χ4n) is 3.13. The van der Waals surface area contributed by atoms with Crippen molar-refractivity contribution in [3.63, 3.8) is 0 Å². The van der Waals surface area contributed by atoms with Crippen molar-refractivity contribution in [1.82, 2.24) is 10.6 Å². The van der Waals surface area contributed by atoms with E-state index in [0.717, 1.165) is 42.8 Å². The maximum atomic E-state index is 12.6. The molecule has 1 aliphatic heterocycles. The molecular formula is C16H21ClN2O. The lowest BCUT2D eigenvalue weighted by Crippen LogP contribution is -2.49. The second kappa shape index (κ2) is 5.38. The van der Waals surface area contributed by atoms with Gasteiger partial charge in [-0.05, 0) is 56.8 Å². The first-order valence-electron chi connectivity index (χ1n) is 7.40. The highest BCUT2D eigenvalue weighted by Gasteiger charge is 2.51. The van der Waals surface area contributed by atoms with Crippen molar-refractivity contribution < 1.29 is 4.79 Å². The molecule has 2 aliphatic rings. The van der Waals surface area contributed by atoms with Crippen LogP contribution in [0.15, 0.2) is 24.3 Å². The molecule has 2 N–H and O–H groups in total. The van der Waals surface area contributed by atoms with Gasteiger partial charge in [0.1, 0.15) is 0 Å². The van der Waals surface area contributed by atoms with E-state index in [9.17, 15) is 4.79 Å². The second-order valence-corrected chi connectivity index (χ2v) is 6.58. The van der Waals surface area contributed by atoms with Crippen molar-refractivity contribution in [3.8, 4) is 0 Å². The summed E-state index contributed by atoms with van der Waals surface area (Å²) in [5.74, 6) is 0.193. The number of rotatable bonds is 3. The number of benzene rings is 1. The van der Waals surface area contributed by atoms with Crippen molar-refractivity contribution in [3.05, 3.63) is 34.9 Å². The number of carbonyl (C=O) groups is 1. The van der Waals surface area contributed by atoms with E-state index in [1.807, 2.05) is 24.3 Å². The largest absolute Gasteiger partial charge is 0.352 e. The van der Waals surface area contributed by atoms with E-state index in [4.69, 9.17) is 11.6 Å². The van der Waals surface area contributed by atoms with Gasteiger partial charge in [-0.25, -0.2) is 0 Å². The topological polar surface area (TPSA) is 41.1 Å². The molecule has 1 saturated carbocycles. The van der Waals surface area contributed by atoms with Crippen LogP contribution in [-0.4, -0.2) is 24.5 Å². The highest BCUT2D eigenvalue weighted by atomic mass is 35.5. The Kier molecular flexibility index (Phi) is 3.74. The molecule has 1 aliphatic carbocycles. The summed E-state index contributed by atoms with van der Waals surface area (Å²) in [6.45, 7) is 3.16. The Morgan fingerprint density at radius 1 is 1.35 bits per heavy atom. The molecule has 1 amide bonds. The van der Waals surface area contributed by atoms with Crippen LogP contribution in [-0.2, 0) is 10.2 Å². The Bertz CT molecular complexity index is 496. The summed E-state index contributed by atoms with van der Waals surface area (Å²) in [6, 6.07) is 8.51. The Hall–Kier alpha value is -1.06. The van der Waals surface area contributed by atoms with Gasteiger partial charge in [-0.15, -0.1) is 0 Å². The third-order valence-electron chi connectivity index (χ3n) is 4.54. The maximum absolute atomic E-state index is 12.6. The first-order chi connectivity index (χ1) is 9.60. The highest BCUT2D eigenvalue weighted by Crippen LogP contribution is 2.48. The molecule has 1 aromatic carbocycles. The summed E-state index contributed by atoms with van der Waals surface area (Å²) < 4.78 is 0. The average molecular weight is 293 g/mol. The summed E-state index contributed by atoms with van der Waals surface area (Å²) in [7, 11) is 0. The van der Waals surface area contributed by atoms with Crippen molar-refractivity contribution in [2.24, 2.45) is 0 Å². The minimum atomic E-state index is -0.293. The summed E-state index contributed by atoms with van der Waals surface area (Å²) in [4.78, 5) is 12.6. The number of hydrogen-bond acceptors (Lipinski definition) is 2. The van der Waals surface area contributed by atoms with Crippen molar-refractivity contribution in [1.29, 1.82) is 0 Å². The van der Waals surface area contributed by atoms with E-state index in [2.05, 4.69) is 17.6 Å². The average Bonchev–Trinajstić information content (AvgIpc) is 3.21. The number of amides is 1. The van der Waals surface area contributed by atoms with Crippen LogP contribution in [0.1, 0.15) is 38.2 Å². The molecule has 1 heterocycles. The normalized spacial score (nSPS) is 27.9. The summed E-state index contributed by atoms with van der Waals surface area (Å²) in [5.41, 5.74) is 0.806. The smallest absolute Gasteiger partial charge is 0.230 e. The van der Waals surface area contributed by atoms with E-state index in [1.165, 1.54) is 0 Å². The van der Waals surface area contributed by atoms with Crippen molar-refractivity contribution in [2.75, 3.05) is 6.54 Å². The van der Waals surface area contributed by atoms with Crippen LogP contribution in [0.4, 0.5) is 0 Å². The number of hydrogen-bond donors (Lipinski definition) is 2. The highest BCUT2D eigenvalue weighted by molar-refractivity contribution is 6.30. The third-order valence-corrected chi connectivity index (χ3v) is 4.79. The van der Waals surface area contributed by atoms with Crippen molar-refractivity contribution >= 4 is 17.5 Å². The second-order valence-electron chi connectivity index (χ2n) is 6.14. The van der Waals surface area contributed by atoms with Crippen LogP contribution in [0, 0.1) is 0 Å². The van der Waals surface area contributed by atoms with E-state index >= 15 is 0 Å². The molecule has 2 unspecified atom stereocenters. The van der Waals surface area contributed by atoms with Gasteiger partial charge in [0.25, 0.3) is 0 Å². The SMILES string of the molecule is CC1CC(NC(=O)C2(c3ccc(Cl)cc3)CC2)CCN1. The Balaban J connectivity index is 1.68. The Labute approximate surface area is 125 Å². The minimum Gasteiger partial charge on any atom is -0.352 e. The number of carbonyl (C=O) groups excluding carboxylic acids is 1. The van der Waals surface area contributed by atoms with E-state index in [0.29, 0.717) is 12.1 Å². The Morgan fingerprint density at radius 3 is 2.65 bits per heavy atom. The molecule has 2 atom stereocenters. The molecule has 4 heteroatoms. The first-order valence-corrected chi connectivity index (χ1v) is 7.78. The zero-order valence-electron chi connectivity index (χ0n) is 11.8. The molecule has 1 aromatic rings. The third kappa shape index (κ3) is 2.70. The van der Waals surface area contributed by atoms with Crippen molar-refractivity contribution in [2.45, 2.75) is 50.1 Å². The molecular weight excluding hydrogens is 272 g/mol. The van der Waals surface area contributed by atoms with Crippen LogP contribution >= 0.6 is 11.6 Å². The Morgan fingerprint density at radius 2 is 2.05 bits per heavy atom. The van der Waals surface area contributed by atoms with Crippen LogP contribution < -0.4 is 10.6 Å². The van der Waals surface area contributed by atoms with Gasteiger partial charge in [0.15, 0.2) is 0 Å². The zero-order valence-corrected chi connectivity index (χ0v) is 12.5. The van der Waals surface area contributed by atoms with Gasteiger partial charge in [-0.1, -0.05) is 23.7 Å². The molecule has 0 aromatic heterocycles. The van der Waals surface area contributed by atoms with Gasteiger partial charge < -0.3 is 10.6 Å². The first kappa shape index (κ1) is 13.9. The molecule has 20 heavy (non-hydrogen) atoms. The molecule has 0 radical (unpaired) electrons. The summed E-state index contributed by atoms with van der Waals surface area (Å²) in [5, 5.41) is 7.38. The predicted molar refractivity (Wildman–Crippen MR) is 81.0 cm³/mol. The quantitative estimate of drug-likeness (QED) is 0.899. The minimum absolute atomic E-state index is 0.193. The van der Waals surface area contributed by atoms with E-state index < -0.39 is 0 Å². The molecule has 3 nitrogen and oxygen atoms in total. The molecule has 108 valence electrons. The number of nitrogens with one attached hydrogen (secondary N) is 2.